The van der Waals surface area contributed by atoms with Crippen LogP contribution in [0.1, 0.15) is 16.9 Å². The summed E-state index contributed by atoms with van der Waals surface area (Å²) in [6.07, 6.45) is 3.70. The maximum atomic E-state index is 11.4. The standard InChI is InChI=1S/C11H14N4O3/c1-18-11(17)8-5-12-6-9(14-8)15-4-2-3-13-10(16)7-15/h5-6H,2-4,7H2,1H3,(H,13,16). The predicted molar refractivity (Wildman–Crippen MR) is 63.2 cm³/mol. The number of hydrogen-bond acceptors (Lipinski definition) is 6. The molecule has 0 aliphatic carbocycles. The molecule has 2 heterocycles. The summed E-state index contributed by atoms with van der Waals surface area (Å²) < 4.78 is 4.59. The van der Waals surface area contributed by atoms with Crippen molar-refractivity contribution in [1.82, 2.24) is 15.3 Å². The summed E-state index contributed by atoms with van der Waals surface area (Å²) >= 11 is 0. The van der Waals surface area contributed by atoms with Crippen molar-refractivity contribution in [1.29, 1.82) is 0 Å². The SMILES string of the molecule is COC(=O)c1cncc(N2CCCNC(=O)C2)n1. The van der Waals surface area contributed by atoms with Crippen molar-refractivity contribution < 1.29 is 14.3 Å². The number of hydrogen-bond donors (Lipinski definition) is 1. The summed E-state index contributed by atoms with van der Waals surface area (Å²) in [7, 11) is 1.29. The Hall–Kier alpha value is -2.18. The van der Waals surface area contributed by atoms with E-state index < -0.39 is 5.97 Å². The Morgan fingerprint density at radius 2 is 2.33 bits per heavy atom. The van der Waals surface area contributed by atoms with Gasteiger partial charge >= 0.3 is 5.97 Å². The van der Waals surface area contributed by atoms with Crippen molar-refractivity contribution >= 4 is 17.7 Å². The fourth-order valence-electron chi connectivity index (χ4n) is 1.71. The minimum atomic E-state index is -0.538. The Labute approximate surface area is 104 Å². The van der Waals surface area contributed by atoms with Gasteiger partial charge in [-0.15, -0.1) is 0 Å². The van der Waals surface area contributed by atoms with Crippen molar-refractivity contribution in [3.8, 4) is 0 Å². The van der Waals surface area contributed by atoms with Crippen LogP contribution in [0.5, 0.6) is 0 Å². The number of methoxy groups -OCH3 is 1. The van der Waals surface area contributed by atoms with E-state index in [1.807, 2.05) is 0 Å². The van der Waals surface area contributed by atoms with Crippen LogP contribution in [-0.4, -0.2) is 48.6 Å². The minimum Gasteiger partial charge on any atom is -0.464 e. The molecule has 7 nitrogen and oxygen atoms in total. The molecule has 0 unspecified atom stereocenters. The third-order valence-electron chi connectivity index (χ3n) is 2.60. The predicted octanol–water partition coefficient (Wildman–Crippen LogP) is -0.410. The molecular formula is C11H14N4O3. The molecule has 0 bridgehead atoms. The summed E-state index contributed by atoms with van der Waals surface area (Å²) in [5, 5.41) is 2.77. The molecule has 1 aliphatic rings. The molecule has 1 saturated heterocycles. The van der Waals surface area contributed by atoms with E-state index in [0.29, 0.717) is 18.9 Å². The van der Waals surface area contributed by atoms with Gasteiger partial charge in [0, 0.05) is 13.1 Å². The lowest BCUT2D eigenvalue weighted by Gasteiger charge is -2.19. The summed E-state index contributed by atoms with van der Waals surface area (Å²) in [6, 6.07) is 0. The number of nitrogens with one attached hydrogen (secondary N) is 1. The number of aromatic nitrogens is 2. The smallest absolute Gasteiger partial charge is 0.358 e. The lowest BCUT2D eigenvalue weighted by molar-refractivity contribution is -0.119. The van der Waals surface area contributed by atoms with E-state index in [0.717, 1.165) is 6.42 Å². The van der Waals surface area contributed by atoms with E-state index >= 15 is 0 Å². The second-order valence-corrected chi connectivity index (χ2v) is 3.88. The lowest BCUT2D eigenvalue weighted by Crippen LogP contribution is -2.33. The van der Waals surface area contributed by atoms with Crippen LogP contribution in [0.25, 0.3) is 0 Å². The average molecular weight is 250 g/mol. The van der Waals surface area contributed by atoms with E-state index in [2.05, 4.69) is 20.0 Å². The van der Waals surface area contributed by atoms with Crippen LogP contribution in [0.4, 0.5) is 5.82 Å². The van der Waals surface area contributed by atoms with Crippen molar-refractivity contribution in [3.05, 3.63) is 18.1 Å². The highest BCUT2D eigenvalue weighted by Gasteiger charge is 2.18. The summed E-state index contributed by atoms with van der Waals surface area (Å²) in [4.78, 5) is 32.7. The zero-order valence-corrected chi connectivity index (χ0v) is 10.0. The molecule has 7 heteroatoms. The van der Waals surface area contributed by atoms with Crippen LogP contribution in [0, 0.1) is 0 Å². The molecule has 0 aromatic carbocycles. The van der Waals surface area contributed by atoms with Gasteiger partial charge in [0.25, 0.3) is 0 Å². The van der Waals surface area contributed by atoms with Crippen molar-refractivity contribution in [2.45, 2.75) is 6.42 Å². The molecule has 1 N–H and O–H groups in total. The van der Waals surface area contributed by atoms with Gasteiger partial charge in [0.15, 0.2) is 5.69 Å². The Morgan fingerprint density at radius 1 is 1.50 bits per heavy atom. The Morgan fingerprint density at radius 3 is 3.11 bits per heavy atom. The average Bonchev–Trinajstić information content (AvgIpc) is 2.62. The van der Waals surface area contributed by atoms with Gasteiger partial charge in [-0.25, -0.2) is 9.78 Å². The molecule has 18 heavy (non-hydrogen) atoms. The maximum Gasteiger partial charge on any atom is 0.358 e. The number of nitrogens with zero attached hydrogens (tertiary/aromatic N) is 3. The largest absolute Gasteiger partial charge is 0.464 e. The van der Waals surface area contributed by atoms with Gasteiger partial charge in [-0.2, -0.15) is 0 Å². The third kappa shape index (κ3) is 2.73. The number of ether oxygens (including phenoxy) is 1. The molecular weight excluding hydrogens is 236 g/mol. The number of amides is 1. The normalized spacial score (nSPS) is 15.8. The first-order valence-corrected chi connectivity index (χ1v) is 5.62. The highest BCUT2D eigenvalue weighted by molar-refractivity contribution is 5.87. The van der Waals surface area contributed by atoms with Gasteiger partial charge in [0.2, 0.25) is 5.91 Å². The molecule has 1 aromatic heterocycles. The molecule has 1 fully saturated rings. The zero-order chi connectivity index (χ0) is 13.0. The van der Waals surface area contributed by atoms with E-state index in [9.17, 15) is 9.59 Å². The number of rotatable bonds is 2. The minimum absolute atomic E-state index is 0.0576. The van der Waals surface area contributed by atoms with Crippen LogP contribution in [0.3, 0.4) is 0 Å². The first-order valence-electron chi connectivity index (χ1n) is 5.62. The topological polar surface area (TPSA) is 84.4 Å². The summed E-state index contributed by atoms with van der Waals surface area (Å²) in [5.74, 6) is -0.0867. The Balaban J connectivity index is 2.21. The maximum absolute atomic E-state index is 11.4. The zero-order valence-electron chi connectivity index (χ0n) is 10.0. The van der Waals surface area contributed by atoms with Gasteiger partial charge < -0.3 is 15.0 Å². The second kappa shape index (κ2) is 5.44. The molecule has 0 atom stereocenters. The monoisotopic (exact) mass is 250 g/mol. The molecule has 1 aliphatic heterocycles. The first-order chi connectivity index (χ1) is 8.70. The highest BCUT2D eigenvalue weighted by atomic mass is 16.5. The summed E-state index contributed by atoms with van der Waals surface area (Å²) in [6.45, 7) is 1.57. The quantitative estimate of drug-likeness (QED) is 0.718. The van der Waals surface area contributed by atoms with Crippen molar-refractivity contribution in [2.75, 3.05) is 31.6 Å². The van der Waals surface area contributed by atoms with Gasteiger partial charge in [-0.1, -0.05) is 0 Å². The Bertz CT molecular complexity index is 463. The van der Waals surface area contributed by atoms with Gasteiger partial charge in [-0.05, 0) is 6.42 Å². The molecule has 1 amide bonds. The van der Waals surface area contributed by atoms with Crippen LogP contribution in [0.15, 0.2) is 12.4 Å². The fraction of sp³-hybridized carbons (Fsp3) is 0.455. The first kappa shape index (κ1) is 12.3. The number of carbonyl (C=O) groups excluding carboxylic acids is 2. The molecule has 0 saturated carbocycles. The third-order valence-corrected chi connectivity index (χ3v) is 2.60. The molecule has 2 rings (SSSR count). The van der Waals surface area contributed by atoms with E-state index in [4.69, 9.17) is 0 Å². The van der Waals surface area contributed by atoms with Gasteiger partial charge in [-0.3, -0.25) is 9.78 Å². The van der Waals surface area contributed by atoms with Gasteiger partial charge in [0.05, 0.1) is 26.0 Å². The van der Waals surface area contributed by atoms with E-state index in [-0.39, 0.29) is 18.1 Å². The highest BCUT2D eigenvalue weighted by Crippen LogP contribution is 2.11. The lowest BCUT2D eigenvalue weighted by atomic mass is 10.4. The van der Waals surface area contributed by atoms with Crippen molar-refractivity contribution in [3.63, 3.8) is 0 Å². The molecule has 96 valence electrons. The number of esters is 1. The Kier molecular flexibility index (Phi) is 3.71. The van der Waals surface area contributed by atoms with Crippen LogP contribution < -0.4 is 10.2 Å². The van der Waals surface area contributed by atoms with Crippen LogP contribution in [0.2, 0.25) is 0 Å². The van der Waals surface area contributed by atoms with E-state index in [1.165, 1.54) is 19.5 Å². The van der Waals surface area contributed by atoms with Crippen LogP contribution >= 0.6 is 0 Å². The van der Waals surface area contributed by atoms with Crippen molar-refractivity contribution in [2.24, 2.45) is 0 Å². The number of carbonyl (C=O) groups is 2. The number of anilines is 1. The fourth-order valence-corrected chi connectivity index (χ4v) is 1.71. The van der Waals surface area contributed by atoms with Gasteiger partial charge in [0.1, 0.15) is 5.82 Å². The molecule has 0 spiro atoms. The molecule has 0 radical (unpaired) electrons. The second-order valence-electron chi connectivity index (χ2n) is 3.88. The molecule has 1 aromatic rings. The van der Waals surface area contributed by atoms with Crippen LogP contribution in [-0.2, 0) is 9.53 Å². The van der Waals surface area contributed by atoms with E-state index in [1.54, 1.807) is 4.90 Å². The summed E-state index contributed by atoms with van der Waals surface area (Å²) in [5.41, 5.74) is 0.139.